The van der Waals surface area contributed by atoms with Gasteiger partial charge in [0.15, 0.2) is 6.23 Å². The van der Waals surface area contributed by atoms with Crippen LogP contribution in [-0.4, -0.2) is 19.0 Å². The van der Waals surface area contributed by atoms with Gasteiger partial charge in [-0.15, -0.1) is 0 Å². The van der Waals surface area contributed by atoms with Crippen LogP contribution in [0.1, 0.15) is 25.3 Å². The Morgan fingerprint density at radius 1 is 1.08 bits per heavy atom. The summed E-state index contributed by atoms with van der Waals surface area (Å²) in [5.74, 6) is 0. The van der Waals surface area contributed by atoms with Crippen LogP contribution in [0.3, 0.4) is 0 Å². The first-order valence-corrected chi connectivity index (χ1v) is 8.23. The number of nitrogens with one attached hydrogen (secondary N) is 1. The minimum Gasteiger partial charge on any atom is -0.353 e. The molecular formula is C15H14Cl2F6N2O. The molecule has 1 N–H and O–H groups in total. The Hall–Kier alpha value is -1.32. The van der Waals surface area contributed by atoms with Crippen molar-refractivity contribution in [2.45, 2.75) is 38.3 Å². The van der Waals surface area contributed by atoms with Gasteiger partial charge < -0.3 is 4.74 Å². The zero-order valence-electron chi connectivity index (χ0n) is 13.3. The molecule has 1 atom stereocenters. The summed E-state index contributed by atoms with van der Waals surface area (Å²) in [4.78, 5) is 0. The van der Waals surface area contributed by atoms with E-state index < -0.39 is 39.9 Å². The molecule has 0 saturated carbocycles. The van der Waals surface area contributed by atoms with E-state index in [2.05, 4.69) is 5.43 Å². The van der Waals surface area contributed by atoms with E-state index >= 15 is 0 Å². The lowest BCUT2D eigenvalue weighted by atomic mass is 10.2. The SMILES string of the molecule is CCCCOC1C=C(C(F)(F)F)NN1c1c(Cl)cc(C(F)(F)F)cc1Cl. The van der Waals surface area contributed by atoms with Gasteiger partial charge in [-0.1, -0.05) is 36.5 Å². The molecule has 0 saturated heterocycles. The molecular weight excluding hydrogens is 409 g/mol. The Bertz CT molecular complexity index is 667. The lowest BCUT2D eigenvalue weighted by Gasteiger charge is -2.29. The van der Waals surface area contributed by atoms with Crippen molar-refractivity contribution in [3.05, 3.63) is 39.5 Å². The first-order valence-electron chi connectivity index (χ1n) is 7.48. The topological polar surface area (TPSA) is 24.5 Å². The van der Waals surface area contributed by atoms with Crippen molar-refractivity contribution in [3.63, 3.8) is 0 Å². The van der Waals surface area contributed by atoms with E-state index in [4.69, 9.17) is 27.9 Å². The highest BCUT2D eigenvalue weighted by molar-refractivity contribution is 6.39. The zero-order valence-corrected chi connectivity index (χ0v) is 14.8. The second-order valence-electron chi connectivity index (χ2n) is 5.46. The van der Waals surface area contributed by atoms with E-state index in [9.17, 15) is 26.3 Å². The number of hydrogen-bond acceptors (Lipinski definition) is 3. The number of unbranched alkanes of at least 4 members (excludes halogenated alkanes) is 1. The Morgan fingerprint density at radius 2 is 1.65 bits per heavy atom. The first kappa shape index (κ1) is 21.0. The summed E-state index contributed by atoms with van der Waals surface area (Å²) >= 11 is 11.8. The number of benzene rings is 1. The molecule has 1 aliphatic heterocycles. The molecule has 11 heteroatoms. The van der Waals surface area contributed by atoms with Crippen LogP contribution in [0.4, 0.5) is 32.0 Å². The summed E-state index contributed by atoms with van der Waals surface area (Å²) in [6, 6.07) is 1.19. The van der Waals surface area contributed by atoms with Gasteiger partial charge in [0.2, 0.25) is 0 Å². The van der Waals surface area contributed by atoms with Crippen molar-refractivity contribution in [2.24, 2.45) is 0 Å². The molecule has 3 nitrogen and oxygen atoms in total. The van der Waals surface area contributed by atoms with Crippen molar-refractivity contribution in [2.75, 3.05) is 11.6 Å². The molecule has 0 fully saturated rings. The van der Waals surface area contributed by atoms with Gasteiger partial charge in [0.05, 0.1) is 21.3 Å². The number of hydrazine groups is 1. The highest BCUT2D eigenvalue weighted by atomic mass is 35.5. The van der Waals surface area contributed by atoms with Crippen molar-refractivity contribution in [1.82, 2.24) is 5.43 Å². The Labute approximate surface area is 155 Å². The Balaban J connectivity index is 2.38. The van der Waals surface area contributed by atoms with Crippen molar-refractivity contribution >= 4 is 28.9 Å². The van der Waals surface area contributed by atoms with Crippen LogP contribution >= 0.6 is 23.2 Å². The van der Waals surface area contributed by atoms with E-state index in [-0.39, 0.29) is 12.3 Å². The number of halogens is 8. The molecule has 0 bridgehead atoms. The van der Waals surface area contributed by atoms with Crippen LogP contribution in [0.5, 0.6) is 0 Å². The van der Waals surface area contributed by atoms with Crippen LogP contribution in [0.25, 0.3) is 0 Å². The predicted octanol–water partition coefficient (Wildman–Crippen LogP) is 5.93. The van der Waals surface area contributed by atoms with E-state index in [1.54, 1.807) is 0 Å². The third-order valence-corrected chi connectivity index (χ3v) is 4.06. The third kappa shape index (κ3) is 4.69. The lowest BCUT2D eigenvalue weighted by molar-refractivity contribution is -0.137. The number of allylic oxidation sites excluding steroid dienone is 1. The van der Waals surface area contributed by atoms with Gasteiger partial charge in [0, 0.05) is 6.61 Å². The largest absolute Gasteiger partial charge is 0.432 e. The lowest BCUT2D eigenvalue weighted by Crippen LogP contribution is -2.42. The molecule has 1 heterocycles. The summed E-state index contributed by atoms with van der Waals surface area (Å²) in [5.41, 5.74) is -0.407. The normalized spacial score (nSPS) is 18.1. The molecule has 2 rings (SSSR count). The van der Waals surface area contributed by atoms with E-state index in [0.29, 0.717) is 18.6 Å². The van der Waals surface area contributed by atoms with E-state index in [0.717, 1.165) is 17.5 Å². The quantitative estimate of drug-likeness (QED) is 0.470. The average Bonchev–Trinajstić information content (AvgIpc) is 2.90. The predicted molar refractivity (Wildman–Crippen MR) is 85.9 cm³/mol. The number of alkyl halides is 6. The maximum absolute atomic E-state index is 13.0. The second kappa shape index (κ2) is 7.74. The standard InChI is InChI=1S/C15H14Cl2F6N2O/c1-2-3-4-26-12-7-11(15(21,22)23)24-25(12)13-9(16)5-8(6-10(13)17)14(18,19)20/h5-7,12,24H,2-4H2,1H3. The van der Waals surface area contributed by atoms with Gasteiger partial charge in [-0.25, -0.2) is 0 Å². The summed E-state index contributed by atoms with van der Waals surface area (Å²) in [5, 5.41) is -0.0555. The third-order valence-electron chi connectivity index (χ3n) is 3.48. The van der Waals surface area contributed by atoms with Gasteiger partial charge >= 0.3 is 12.4 Å². The van der Waals surface area contributed by atoms with Gasteiger partial charge in [0.25, 0.3) is 0 Å². The molecule has 0 aromatic heterocycles. The fourth-order valence-corrected chi connectivity index (χ4v) is 2.89. The molecule has 0 amide bonds. The van der Waals surface area contributed by atoms with Gasteiger partial charge in [-0.2, -0.15) is 26.3 Å². The van der Waals surface area contributed by atoms with Crippen molar-refractivity contribution < 1.29 is 31.1 Å². The van der Waals surface area contributed by atoms with Crippen LogP contribution < -0.4 is 10.4 Å². The molecule has 0 spiro atoms. The van der Waals surface area contributed by atoms with E-state index in [1.165, 1.54) is 0 Å². The summed E-state index contributed by atoms with van der Waals surface area (Å²) in [6.45, 7) is 2.02. The van der Waals surface area contributed by atoms with Gasteiger partial charge in [-0.05, 0) is 24.6 Å². The monoisotopic (exact) mass is 422 g/mol. The number of rotatable bonds is 5. The maximum Gasteiger partial charge on any atom is 0.432 e. The number of hydrogen-bond donors (Lipinski definition) is 1. The number of anilines is 1. The van der Waals surface area contributed by atoms with E-state index in [1.807, 2.05) is 6.92 Å². The Kier molecular flexibility index (Phi) is 6.24. The van der Waals surface area contributed by atoms with Gasteiger partial charge in [-0.3, -0.25) is 10.4 Å². The first-order chi connectivity index (χ1) is 11.9. The minimum atomic E-state index is -4.70. The number of nitrogens with zero attached hydrogens (tertiary/aromatic N) is 1. The highest BCUT2D eigenvalue weighted by Crippen LogP contribution is 2.42. The molecule has 0 radical (unpaired) electrons. The average molecular weight is 423 g/mol. The molecule has 1 aromatic carbocycles. The summed E-state index contributed by atoms with van der Waals surface area (Å²) in [7, 11) is 0. The molecule has 26 heavy (non-hydrogen) atoms. The van der Waals surface area contributed by atoms with Crippen LogP contribution in [-0.2, 0) is 10.9 Å². The zero-order chi connectivity index (χ0) is 19.7. The minimum absolute atomic E-state index is 0.150. The second-order valence-corrected chi connectivity index (χ2v) is 6.28. The van der Waals surface area contributed by atoms with Crippen LogP contribution in [0.15, 0.2) is 23.9 Å². The van der Waals surface area contributed by atoms with Crippen LogP contribution in [0.2, 0.25) is 10.0 Å². The van der Waals surface area contributed by atoms with Crippen molar-refractivity contribution in [3.8, 4) is 0 Å². The molecule has 1 aliphatic rings. The van der Waals surface area contributed by atoms with Gasteiger partial charge in [0.1, 0.15) is 5.70 Å². The molecule has 1 unspecified atom stereocenters. The fourth-order valence-electron chi connectivity index (χ4n) is 2.22. The maximum atomic E-state index is 13.0. The van der Waals surface area contributed by atoms with Crippen molar-refractivity contribution in [1.29, 1.82) is 0 Å². The summed E-state index contributed by atoms with van der Waals surface area (Å²) in [6.07, 6.45) is -8.51. The number of ether oxygens (including phenoxy) is 1. The highest BCUT2D eigenvalue weighted by Gasteiger charge is 2.42. The summed E-state index contributed by atoms with van der Waals surface area (Å²) < 4.78 is 82.9. The molecule has 146 valence electrons. The fraction of sp³-hybridized carbons (Fsp3) is 0.467. The molecule has 1 aromatic rings. The van der Waals surface area contributed by atoms with Crippen LogP contribution in [0, 0.1) is 0 Å². The molecule has 0 aliphatic carbocycles. The Morgan fingerprint density at radius 3 is 2.12 bits per heavy atom. The smallest absolute Gasteiger partial charge is 0.353 e.